The van der Waals surface area contributed by atoms with Gasteiger partial charge < -0.3 is 19.7 Å². The zero-order chi connectivity index (χ0) is 12.3. The largest absolute Gasteiger partial charge is 0.481 e. The van der Waals surface area contributed by atoms with Crippen LogP contribution in [0.25, 0.3) is 0 Å². The normalized spacial score (nSPS) is 10.9. The second kappa shape index (κ2) is 10.9. The first kappa shape index (κ1) is 16.3. The molecule has 0 bridgehead atoms. The van der Waals surface area contributed by atoms with Crippen molar-refractivity contribution in [3.8, 4) is 0 Å². The highest BCUT2D eigenvalue weighted by atomic mass is 16.5. The summed E-state index contributed by atoms with van der Waals surface area (Å²) in [6.45, 7) is 3.69. The van der Waals surface area contributed by atoms with E-state index in [9.17, 15) is 9.59 Å². The Morgan fingerprint density at radius 2 is 1.93 bits per heavy atom. The Kier molecular flexibility index (Phi) is 11.9. The Morgan fingerprint density at radius 1 is 1.40 bits per heavy atom. The number of hydrogen-bond acceptors (Lipinski definition) is 5. The molecule has 90 valence electrons. The van der Waals surface area contributed by atoms with Crippen LogP contribution in [0.2, 0.25) is 0 Å². The smallest absolute Gasteiger partial charge is 0.334 e. The van der Waals surface area contributed by atoms with Gasteiger partial charge in [0.2, 0.25) is 0 Å². The van der Waals surface area contributed by atoms with Crippen LogP contribution in [0.5, 0.6) is 0 Å². The van der Waals surface area contributed by atoms with E-state index in [0.29, 0.717) is 13.2 Å². The molecule has 0 aromatic rings. The van der Waals surface area contributed by atoms with Crippen molar-refractivity contribution in [1.29, 1.82) is 0 Å². The van der Waals surface area contributed by atoms with E-state index in [1.54, 1.807) is 6.92 Å². The number of aliphatic hydroxyl groups excluding tert-OH is 1. The SMILES string of the molecule is CCOC(=O)C(C)O.COCCC(=O)O. The third-order valence-corrected chi connectivity index (χ3v) is 1.15. The number of esters is 1. The van der Waals surface area contributed by atoms with Crippen LogP contribution < -0.4 is 0 Å². The number of hydrogen-bond donors (Lipinski definition) is 2. The molecule has 0 rings (SSSR count). The van der Waals surface area contributed by atoms with Crippen LogP contribution in [-0.2, 0) is 19.1 Å². The zero-order valence-corrected chi connectivity index (χ0v) is 9.23. The van der Waals surface area contributed by atoms with E-state index in [4.69, 9.17) is 10.2 Å². The van der Waals surface area contributed by atoms with Crippen LogP contribution in [0.4, 0.5) is 0 Å². The van der Waals surface area contributed by atoms with Gasteiger partial charge in [-0.15, -0.1) is 0 Å². The summed E-state index contributed by atoms with van der Waals surface area (Å²) in [7, 11) is 1.48. The molecule has 6 nitrogen and oxygen atoms in total. The molecule has 0 amide bonds. The lowest BCUT2D eigenvalue weighted by atomic mass is 10.4. The van der Waals surface area contributed by atoms with Gasteiger partial charge in [-0.05, 0) is 13.8 Å². The Hall–Kier alpha value is -1.14. The minimum atomic E-state index is -0.991. The molecule has 0 saturated heterocycles. The van der Waals surface area contributed by atoms with Gasteiger partial charge in [0.15, 0.2) is 0 Å². The average Bonchev–Trinajstić information content (AvgIpc) is 2.16. The molecule has 0 saturated carbocycles. The van der Waals surface area contributed by atoms with Crippen molar-refractivity contribution in [3.63, 3.8) is 0 Å². The second-order valence-electron chi connectivity index (χ2n) is 2.56. The summed E-state index contributed by atoms with van der Waals surface area (Å²) in [5, 5.41) is 16.4. The molecule has 0 fully saturated rings. The monoisotopic (exact) mass is 222 g/mol. The van der Waals surface area contributed by atoms with Gasteiger partial charge in [-0.1, -0.05) is 0 Å². The summed E-state index contributed by atoms with van der Waals surface area (Å²) in [5.74, 6) is -1.38. The van der Waals surface area contributed by atoms with Gasteiger partial charge >= 0.3 is 11.9 Å². The number of ether oxygens (including phenoxy) is 2. The van der Waals surface area contributed by atoms with Crippen molar-refractivity contribution in [1.82, 2.24) is 0 Å². The van der Waals surface area contributed by atoms with Crippen LogP contribution in [-0.4, -0.2) is 48.6 Å². The van der Waals surface area contributed by atoms with Crippen LogP contribution in [0.1, 0.15) is 20.3 Å². The van der Waals surface area contributed by atoms with E-state index in [1.165, 1.54) is 14.0 Å². The first-order valence-corrected chi connectivity index (χ1v) is 4.51. The maximum absolute atomic E-state index is 10.3. The molecule has 2 N–H and O–H groups in total. The summed E-state index contributed by atoms with van der Waals surface area (Å²) < 4.78 is 8.89. The van der Waals surface area contributed by atoms with E-state index in [-0.39, 0.29) is 6.42 Å². The molecule has 1 atom stereocenters. The van der Waals surface area contributed by atoms with Crippen LogP contribution in [0.15, 0.2) is 0 Å². The highest BCUT2D eigenvalue weighted by molar-refractivity contribution is 5.73. The third-order valence-electron chi connectivity index (χ3n) is 1.15. The van der Waals surface area contributed by atoms with E-state index in [2.05, 4.69) is 9.47 Å². The molecule has 0 radical (unpaired) electrons. The van der Waals surface area contributed by atoms with Gasteiger partial charge in [0.05, 0.1) is 19.6 Å². The van der Waals surface area contributed by atoms with Crippen molar-refractivity contribution in [3.05, 3.63) is 0 Å². The van der Waals surface area contributed by atoms with E-state index in [0.717, 1.165) is 0 Å². The topological polar surface area (TPSA) is 93.1 Å². The molecular formula is C9H18O6. The Morgan fingerprint density at radius 3 is 2.07 bits per heavy atom. The fourth-order valence-corrected chi connectivity index (χ4v) is 0.452. The molecule has 0 aliphatic rings. The fraction of sp³-hybridized carbons (Fsp3) is 0.778. The number of methoxy groups -OCH3 is 1. The predicted molar refractivity (Wildman–Crippen MR) is 52.4 cm³/mol. The maximum atomic E-state index is 10.3. The molecule has 0 aromatic heterocycles. The quantitative estimate of drug-likeness (QED) is 0.638. The Labute approximate surface area is 88.8 Å². The van der Waals surface area contributed by atoms with Crippen molar-refractivity contribution >= 4 is 11.9 Å². The summed E-state index contributed by atoms with van der Waals surface area (Å²) in [5.41, 5.74) is 0. The van der Waals surface area contributed by atoms with Gasteiger partial charge in [-0.3, -0.25) is 4.79 Å². The molecule has 0 aliphatic heterocycles. The minimum absolute atomic E-state index is 0.0938. The predicted octanol–water partition coefficient (Wildman–Crippen LogP) is 0.0378. The maximum Gasteiger partial charge on any atom is 0.334 e. The molecule has 1 unspecified atom stereocenters. The second-order valence-corrected chi connectivity index (χ2v) is 2.56. The lowest BCUT2D eigenvalue weighted by molar-refractivity contribution is -0.151. The van der Waals surface area contributed by atoms with Crippen molar-refractivity contribution in [2.75, 3.05) is 20.3 Å². The van der Waals surface area contributed by atoms with Gasteiger partial charge in [0, 0.05) is 7.11 Å². The third kappa shape index (κ3) is 15.6. The van der Waals surface area contributed by atoms with Crippen molar-refractivity contribution < 1.29 is 29.3 Å². The highest BCUT2D eigenvalue weighted by Gasteiger charge is 2.07. The molecule has 0 aromatic carbocycles. The van der Waals surface area contributed by atoms with Gasteiger partial charge in [0.1, 0.15) is 6.10 Å². The number of carboxylic acid groups (broad SMARTS) is 1. The number of carbonyl (C=O) groups is 2. The standard InChI is InChI=1S/C5H10O3.C4H8O3/c1-3-8-5(7)4(2)6;1-7-3-2-4(5)6/h4,6H,3H2,1-2H3;2-3H2,1H3,(H,5,6). The number of carbonyl (C=O) groups excluding carboxylic acids is 1. The van der Waals surface area contributed by atoms with E-state index < -0.39 is 18.0 Å². The van der Waals surface area contributed by atoms with Crippen molar-refractivity contribution in [2.45, 2.75) is 26.4 Å². The zero-order valence-electron chi connectivity index (χ0n) is 9.23. The molecule has 0 spiro atoms. The number of carboxylic acids is 1. The molecular weight excluding hydrogens is 204 g/mol. The Balaban J connectivity index is 0. The van der Waals surface area contributed by atoms with Crippen LogP contribution >= 0.6 is 0 Å². The highest BCUT2D eigenvalue weighted by Crippen LogP contribution is 1.84. The summed E-state index contributed by atoms with van der Waals surface area (Å²) >= 11 is 0. The number of rotatable bonds is 5. The molecule has 0 aliphatic carbocycles. The van der Waals surface area contributed by atoms with Gasteiger partial charge in [-0.25, -0.2) is 4.79 Å². The Bertz CT molecular complexity index is 177. The fourth-order valence-electron chi connectivity index (χ4n) is 0.452. The summed E-state index contributed by atoms with van der Waals surface area (Å²) in [6.07, 6.45) is -0.897. The first-order valence-electron chi connectivity index (χ1n) is 4.51. The van der Waals surface area contributed by atoms with Gasteiger partial charge in [0.25, 0.3) is 0 Å². The van der Waals surface area contributed by atoms with Crippen LogP contribution in [0, 0.1) is 0 Å². The van der Waals surface area contributed by atoms with Gasteiger partial charge in [-0.2, -0.15) is 0 Å². The summed E-state index contributed by atoms with van der Waals surface area (Å²) in [4.78, 5) is 19.9. The number of aliphatic carboxylic acids is 1. The molecule has 6 heteroatoms. The van der Waals surface area contributed by atoms with Crippen molar-refractivity contribution in [2.24, 2.45) is 0 Å². The van der Waals surface area contributed by atoms with Crippen LogP contribution in [0.3, 0.4) is 0 Å². The van der Waals surface area contributed by atoms with E-state index in [1.807, 2.05) is 0 Å². The summed E-state index contributed by atoms with van der Waals surface area (Å²) in [6, 6.07) is 0. The lowest BCUT2D eigenvalue weighted by Gasteiger charge is -2.01. The molecule has 0 heterocycles. The molecule has 15 heavy (non-hydrogen) atoms. The average molecular weight is 222 g/mol. The number of aliphatic hydroxyl groups is 1. The minimum Gasteiger partial charge on any atom is -0.481 e. The van der Waals surface area contributed by atoms with E-state index >= 15 is 0 Å². The lowest BCUT2D eigenvalue weighted by Crippen LogP contribution is -2.18. The first-order chi connectivity index (χ1) is 6.95.